The van der Waals surface area contributed by atoms with Gasteiger partial charge in [0.1, 0.15) is 10.8 Å². The molecule has 0 bridgehead atoms. The second kappa shape index (κ2) is 7.94. The van der Waals surface area contributed by atoms with E-state index in [-0.39, 0.29) is 18.1 Å². The van der Waals surface area contributed by atoms with Crippen LogP contribution in [-0.2, 0) is 11.2 Å². The van der Waals surface area contributed by atoms with Crippen LogP contribution in [0.3, 0.4) is 0 Å². The number of carbonyl (C=O) groups is 1. The second-order valence-electron chi connectivity index (χ2n) is 6.27. The van der Waals surface area contributed by atoms with Crippen LogP contribution in [0.15, 0.2) is 60.0 Å². The van der Waals surface area contributed by atoms with Crippen molar-refractivity contribution in [2.45, 2.75) is 6.42 Å². The molecule has 0 saturated heterocycles. The van der Waals surface area contributed by atoms with Gasteiger partial charge >= 0.3 is 0 Å². The zero-order valence-electron chi connectivity index (χ0n) is 15.2. The fraction of sp³-hybridized carbons (Fsp3) is 0.0500. The van der Waals surface area contributed by atoms with E-state index >= 15 is 0 Å². The highest BCUT2D eigenvalue weighted by Crippen LogP contribution is 2.35. The molecule has 1 amide bonds. The molecule has 4 aromatic rings. The highest BCUT2D eigenvalue weighted by Gasteiger charge is 2.20. The lowest BCUT2D eigenvalue weighted by Gasteiger charge is -2.04. The van der Waals surface area contributed by atoms with E-state index in [1.807, 2.05) is 35.7 Å². The third kappa shape index (κ3) is 4.08. The summed E-state index contributed by atoms with van der Waals surface area (Å²) in [6.07, 6.45) is 0.131. The van der Waals surface area contributed by atoms with Gasteiger partial charge in [-0.2, -0.15) is 0 Å². The van der Waals surface area contributed by atoms with Crippen LogP contribution in [0.4, 0.5) is 17.3 Å². The normalized spacial score (nSPS) is 10.8. The fourth-order valence-electron chi connectivity index (χ4n) is 2.84. The predicted octanol–water partition coefficient (Wildman–Crippen LogP) is 3.99. The van der Waals surface area contributed by atoms with E-state index < -0.39 is 0 Å². The maximum absolute atomic E-state index is 12.3. The monoisotopic (exact) mass is 424 g/mol. The van der Waals surface area contributed by atoms with Gasteiger partial charge < -0.3 is 16.8 Å². The minimum atomic E-state index is -0.176. The molecule has 29 heavy (non-hydrogen) atoms. The van der Waals surface area contributed by atoms with Crippen LogP contribution in [0.1, 0.15) is 5.69 Å². The Balaban J connectivity index is 1.53. The van der Waals surface area contributed by atoms with E-state index in [0.717, 1.165) is 5.69 Å². The minimum absolute atomic E-state index is 0.131. The van der Waals surface area contributed by atoms with Crippen molar-refractivity contribution in [2.24, 2.45) is 0 Å². The van der Waals surface area contributed by atoms with Crippen molar-refractivity contribution in [3.8, 4) is 16.3 Å². The number of benzene rings is 2. The van der Waals surface area contributed by atoms with Gasteiger partial charge in [0, 0.05) is 16.1 Å². The van der Waals surface area contributed by atoms with Crippen LogP contribution in [-0.4, -0.2) is 20.7 Å². The van der Waals surface area contributed by atoms with Gasteiger partial charge in [0.2, 0.25) is 5.91 Å². The number of anilines is 3. The molecule has 0 unspecified atom stereocenters. The molecule has 2 heterocycles. The van der Waals surface area contributed by atoms with Crippen molar-refractivity contribution < 1.29 is 4.79 Å². The molecule has 0 radical (unpaired) electrons. The van der Waals surface area contributed by atoms with E-state index in [1.54, 1.807) is 28.9 Å². The highest BCUT2D eigenvalue weighted by molar-refractivity contribution is 7.13. The fourth-order valence-corrected chi connectivity index (χ4v) is 3.85. The lowest BCUT2D eigenvalue weighted by Crippen LogP contribution is -2.14. The van der Waals surface area contributed by atoms with E-state index in [4.69, 9.17) is 23.1 Å². The van der Waals surface area contributed by atoms with Gasteiger partial charge in [0.05, 0.1) is 23.4 Å². The predicted molar refractivity (Wildman–Crippen MR) is 117 cm³/mol. The molecular weight excluding hydrogens is 408 g/mol. The molecule has 0 aliphatic rings. The van der Waals surface area contributed by atoms with Gasteiger partial charge in [0.25, 0.3) is 0 Å². The van der Waals surface area contributed by atoms with Crippen molar-refractivity contribution in [1.82, 2.24) is 14.8 Å². The Morgan fingerprint density at radius 3 is 2.55 bits per heavy atom. The topological polar surface area (TPSA) is 112 Å². The number of carbonyl (C=O) groups excluding carboxylic acids is 1. The van der Waals surface area contributed by atoms with Crippen molar-refractivity contribution in [3.05, 3.63) is 70.7 Å². The largest absolute Gasteiger partial charge is 0.383 e. The first-order chi connectivity index (χ1) is 14.0. The summed E-state index contributed by atoms with van der Waals surface area (Å²) in [5, 5.41) is 10.2. The van der Waals surface area contributed by atoms with Crippen LogP contribution in [0.25, 0.3) is 16.3 Å². The number of amides is 1. The average Bonchev–Trinajstić information content (AvgIpc) is 3.27. The summed E-state index contributed by atoms with van der Waals surface area (Å²) in [5.74, 6) is 0.517. The number of halogens is 1. The molecule has 0 aliphatic carbocycles. The number of nitrogens with two attached hydrogens (primary N) is 2. The molecule has 0 atom stereocenters. The molecule has 5 N–H and O–H groups in total. The van der Waals surface area contributed by atoms with E-state index in [1.165, 1.54) is 11.3 Å². The third-order valence-electron chi connectivity index (χ3n) is 4.18. The summed E-state index contributed by atoms with van der Waals surface area (Å²) in [6, 6.07) is 16.4. The Hall–Kier alpha value is -3.36. The molecule has 2 aromatic heterocycles. The second-order valence-corrected chi connectivity index (χ2v) is 7.56. The molecule has 0 fully saturated rings. The number of hydrogen-bond donors (Lipinski definition) is 3. The molecule has 0 spiro atoms. The number of thiazole rings is 1. The molecular formula is C20H17ClN6OS. The summed E-state index contributed by atoms with van der Waals surface area (Å²) in [6.45, 7) is 0. The first-order valence-corrected chi connectivity index (χ1v) is 9.96. The summed E-state index contributed by atoms with van der Waals surface area (Å²) < 4.78 is 1.58. The van der Waals surface area contributed by atoms with Crippen molar-refractivity contribution in [3.63, 3.8) is 0 Å². The Morgan fingerprint density at radius 1 is 1.10 bits per heavy atom. The lowest BCUT2D eigenvalue weighted by molar-refractivity contribution is -0.115. The first-order valence-electron chi connectivity index (χ1n) is 8.71. The smallest absolute Gasteiger partial charge is 0.230 e. The van der Waals surface area contributed by atoms with Crippen LogP contribution < -0.4 is 16.8 Å². The Morgan fingerprint density at radius 2 is 1.83 bits per heavy atom. The lowest BCUT2D eigenvalue weighted by atomic mass is 10.2. The molecule has 4 rings (SSSR count). The number of nitrogen functional groups attached to an aromatic ring is 2. The Kier molecular flexibility index (Phi) is 5.20. The molecule has 2 aromatic carbocycles. The van der Waals surface area contributed by atoms with E-state index in [2.05, 4.69) is 15.4 Å². The molecule has 7 nitrogen and oxygen atoms in total. The van der Waals surface area contributed by atoms with Crippen LogP contribution in [0.2, 0.25) is 5.02 Å². The first kappa shape index (κ1) is 19.0. The zero-order chi connectivity index (χ0) is 20.4. The summed E-state index contributed by atoms with van der Waals surface area (Å²) in [4.78, 5) is 16.8. The van der Waals surface area contributed by atoms with Gasteiger partial charge in [0.15, 0.2) is 5.82 Å². The number of aromatic nitrogens is 3. The van der Waals surface area contributed by atoms with Crippen LogP contribution >= 0.6 is 22.9 Å². The molecule has 146 valence electrons. The van der Waals surface area contributed by atoms with Crippen molar-refractivity contribution in [1.29, 1.82) is 0 Å². The van der Waals surface area contributed by atoms with Crippen molar-refractivity contribution in [2.75, 3.05) is 16.8 Å². The van der Waals surface area contributed by atoms with Crippen LogP contribution in [0, 0.1) is 0 Å². The number of hydrogen-bond acceptors (Lipinski definition) is 6. The maximum Gasteiger partial charge on any atom is 0.230 e. The van der Waals surface area contributed by atoms with Gasteiger partial charge in [-0.1, -0.05) is 29.8 Å². The molecule has 0 saturated carbocycles. The third-order valence-corrected chi connectivity index (χ3v) is 5.34. The summed E-state index contributed by atoms with van der Waals surface area (Å²) in [5.41, 5.74) is 15.1. The van der Waals surface area contributed by atoms with E-state index in [9.17, 15) is 4.79 Å². The Labute approximate surface area is 175 Å². The minimum Gasteiger partial charge on any atom is -0.383 e. The van der Waals surface area contributed by atoms with Crippen molar-refractivity contribution >= 4 is 46.2 Å². The summed E-state index contributed by atoms with van der Waals surface area (Å²) >= 11 is 7.22. The molecule has 9 heteroatoms. The zero-order valence-corrected chi connectivity index (χ0v) is 16.7. The van der Waals surface area contributed by atoms with Crippen LogP contribution in [0.5, 0.6) is 0 Å². The van der Waals surface area contributed by atoms with Gasteiger partial charge in [-0.3, -0.25) is 4.79 Å². The number of nitrogens with one attached hydrogen (secondary N) is 1. The standard InChI is InChI=1S/C20H17ClN6OS/c21-12-6-8-13(9-7-12)24-16(28)10-14-11-29-20(25-14)17-18(22)26-27(19(17)23)15-4-2-1-3-5-15/h1-9,11H,10,23H2,(H2,22,26)(H,24,28). The van der Waals surface area contributed by atoms with Gasteiger partial charge in [-0.25, -0.2) is 9.67 Å². The van der Waals surface area contributed by atoms with E-state index in [0.29, 0.717) is 32.8 Å². The number of para-hydroxylation sites is 1. The van der Waals surface area contributed by atoms with Gasteiger partial charge in [-0.05, 0) is 36.4 Å². The highest BCUT2D eigenvalue weighted by atomic mass is 35.5. The number of nitrogens with zero attached hydrogens (tertiary/aromatic N) is 3. The SMILES string of the molecule is Nc1nn(-c2ccccc2)c(N)c1-c1nc(CC(=O)Nc2ccc(Cl)cc2)cs1. The Bertz CT molecular complexity index is 1150. The summed E-state index contributed by atoms with van der Waals surface area (Å²) in [7, 11) is 0. The molecule has 0 aliphatic heterocycles. The maximum atomic E-state index is 12.3. The quantitative estimate of drug-likeness (QED) is 0.448. The number of rotatable bonds is 5. The van der Waals surface area contributed by atoms with Gasteiger partial charge in [-0.15, -0.1) is 16.4 Å². The average molecular weight is 425 g/mol.